The molecule has 0 saturated heterocycles. The molecule has 0 aliphatic carbocycles. The first-order valence-electron chi connectivity index (χ1n) is 7.22. The van der Waals surface area contributed by atoms with Gasteiger partial charge in [-0.25, -0.2) is 0 Å². The molecular formula is C16H24N4O. The van der Waals surface area contributed by atoms with Crippen molar-refractivity contribution in [2.75, 3.05) is 45.6 Å². The van der Waals surface area contributed by atoms with Crippen LogP contribution in [0.4, 0.5) is 5.69 Å². The second-order valence-corrected chi connectivity index (χ2v) is 5.32. The van der Waals surface area contributed by atoms with Crippen LogP contribution in [-0.2, 0) is 4.79 Å². The first-order valence-corrected chi connectivity index (χ1v) is 7.22. The SMILES string of the molecule is CCCN(CCN(C)C)CC(=O)Nc1cccc(C#N)c1. The molecule has 0 unspecified atom stereocenters. The van der Waals surface area contributed by atoms with Crippen molar-refractivity contribution in [2.45, 2.75) is 13.3 Å². The summed E-state index contributed by atoms with van der Waals surface area (Å²) < 4.78 is 0. The van der Waals surface area contributed by atoms with Crippen LogP contribution < -0.4 is 5.32 Å². The number of carbonyl (C=O) groups excluding carboxylic acids is 1. The summed E-state index contributed by atoms with van der Waals surface area (Å²) in [5.41, 5.74) is 1.22. The fraction of sp³-hybridized carbons (Fsp3) is 0.500. The van der Waals surface area contributed by atoms with E-state index in [1.807, 2.05) is 14.1 Å². The van der Waals surface area contributed by atoms with Crippen molar-refractivity contribution in [1.29, 1.82) is 5.26 Å². The number of hydrogen-bond donors (Lipinski definition) is 1. The van der Waals surface area contributed by atoms with Gasteiger partial charge in [0.15, 0.2) is 0 Å². The first-order chi connectivity index (χ1) is 10.0. The third-order valence-electron chi connectivity index (χ3n) is 3.05. The van der Waals surface area contributed by atoms with Gasteiger partial charge in [-0.1, -0.05) is 13.0 Å². The van der Waals surface area contributed by atoms with E-state index in [1.54, 1.807) is 24.3 Å². The summed E-state index contributed by atoms with van der Waals surface area (Å²) in [4.78, 5) is 16.3. The van der Waals surface area contributed by atoms with Crippen molar-refractivity contribution in [2.24, 2.45) is 0 Å². The van der Waals surface area contributed by atoms with E-state index in [-0.39, 0.29) is 5.91 Å². The van der Waals surface area contributed by atoms with Gasteiger partial charge in [0, 0.05) is 18.8 Å². The lowest BCUT2D eigenvalue weighted by Gasteiger charge is -2.23. The topological polar surface area (TPSA) is 59.4 Å². The van der Waals surface area contributed by atoms with Gasteiger partial charge in [0.05, 0.1) is 18.2 Å². The summed E-state index contributed by atoms with van der Waals surface area (Å²) in [5.74, 6) is -0.0442. The lowest BCUT2D eigenvalue weighted by Crippen LogP contribution is -2.38. The average molecular weight is 288 g/mol. The van der Waals surface area contributed by atoms with E-state index in [0.29, 0.717) is 17.8 Å². The van der Waals surface area contributed by atoms with Crippen LogP contribution in [-0.4, -0.2) is 56.0 Å². The third kappa shape index (κ3) is 6.89. The van der Waals surface area contributed by atoms with Crippen LogP contribution in [0.15, 0.2) is 24.3 Å². The number of amides is 1. The summed E-state index contributed by atoms with van der Waals surface area (Å²) >= 11 is 0. The van der Waals surface area contributed by atoms with Gasteiger partial charge in [0.1, 0.15) is 0 Å². The number of nitrogens with zero attached hydrogens (tertiary/aromatic N) is 3. The highest BCUT2D eigenvalue weighted by Gasteiger charge is 2.10. The van der Waals surface area contributed by atoms with Gasteiger partial charge in [-0.3, -0.25) is 9.69 Å². The average Bonchev–Trinajstić information content (AvgIpc) is 2.45. The highest BCUT2D eigenvalue weighted by molar-refractivity contribution is 5.92. The highest BCUT2D eigenvalue weighted by atomic mass is 16.2. The van der Waals surface area contributed by atoms with Crippen molar-refractivity contribution in [1.82, 2.24) is 9.80 Å². The number of hydrogen-bond acceptors (Lipinski definition) is 4. The Bertz CT molecular complexity index is 493. The normalized spacial score (nSPS) is 10.7. The summed E-state index contributed by atoms with van der Waals surface area (Å²) in [6.07, 6.45) is 1.02. The largest absolute Gasteiger partial charge is 0.325 e. The Hall–Kier alpha value is -1.90. The molecule has 5 heteroatoms. The molecule has 5 nitrogen and oxygen atoms in total. The lowest BCUT2D eigenvalue weighted by atomic mass is 10.2. The molecule has 21 heavy (non-hydrogen) atoms. The minimum absolute atomic E-state index is 0.0442. The van der Waals surface area contributed by atoms with Crippen LogP contribution in [0.5, 0.6) is 0 Å². The number of likely N-dealkylation sites (N-methyl/N-ethyl adjacent to an activating group) is 1. The molecule has 0 bridgehead atoms. The molecule has 0 aliphatic rings. The minimum Gasteiger partial charge on any atom is -0.325 e. The maximum atomic E-state index is 12.1. The van der Waals surface area contributed by atoms with E-state index in [9.17, 15) is 4.79 Å². The van der Waals surface area contributed by atoms with Crippen LogP contribution in [0.3, 0.4) is 0 Å². The van der Waals surface area contributed by atoms with Gasteiger partial charge in [-0.05, 0) is 45.3 Å². The predicted molar refractivity (Wildman–Crippen MR) is 85.1 cm³/mol. The molecule has 1 rings (SSSR count). The van der Waals surface area contributed by atoms with Gasteiger partial charge >= 0.3 is 0 Å². The van der Waals surface area contributed by atoms with Crippen LogP contribution in [0, 0.1) is 11.3 Å². The van der Waals surface area contributed by atoms with Crippen molar-refractivity contribution in [3.05, 3.63) is 29.8 Å². The van der Waals surface area contributed by atoms with E-state index < -0.39 is 0 Å². The van der Waals surface area contributed by atoms with Gasteiger partial charge in [-0.2, -0.15) is 5.26 Å². The number of rotatable bonds is 8. The van der Waals surface area contributed by atoms with Crippen molar-refractivity contribution >= 4 is 11.6 Å². The summed E-state index contributed by atoms with van der Waals surface area (Å²) in [6, 6.07) is 9.03. The number of benzene rings is 1. The Morgan fingerprint density at radius 3 is 2.67 bits per heavy atom. The maximum Gasteiger partial charge on any atom is 0.238 e. The second-order valence-electron chi connectivity index (χ2n) is 5.32. The lowest BCUT2D eigenvalue weighted by molar-refractivity contribution is -0.117. The molecular weight excluding hydrogens is 264 g/mol. The first kappa shape index (κ1) is 17.2. The zero-order valence-corrected chi connectivity index (χ0v) is 13.1. The molecule has 0 radical (unpaired) electrons. The van der Waals surface area contributed by atoms with Crippen LogP contribution in [0.1, 0.15) is 18.9 Å². The Labute approximate surface area is 127 Å². The van der Waals surface area contributed by atoms with Crippen molar-refractivity contribution in [3.8, 4) is 6.07 Å². The molecule has 0 heterocycles. The summed E-state index contributed by atoms with van der Waals surface area (Å²) in [7, 11) is 4.05. The molecule has 0 aliphatic heterocycles. The van der Waals surface area contributed by atoms with Gasteiger partial charge in [0.25, 0.3) is 0 Å². The van der Waals surface area contributed by atoms with E-state index >= 15 is 0 Å². The number of nitriles is 1. The minimum atomic E-state index is -0.0442. The van der Waals surface area contributed by atoms with Crippen LogP contribution >= 0.6 is 0 Å². The Kier molecular flexibility index (Phi) is 7.44. The van der Waals surface area contributed by atoms with Crippen LogP contribution in [0.25, 0.3) is 0 Å². The van der Waals surface area contributed by atoms with E-state index in [1.165, 1.54) is 0 Å². The van der Waals surface area contributed by atoms with Gasteiger partial charge in [-0.15, -0.1) is 0 Å². The van der Waals surface area contributed by atoms with Gasteiger partial charge < -0.3 is 10.2 Å². The molecule has 0 spiro atoms. The number of nitrogens with one attached hydrogen (secondary N) is 1. The Balaban J connectivity index is 2.54. The third-order valence-corrected chi connectivity index (χ3v) is 3.05. The zero-order chi connectivity index (χ0) is 15.7. The second kappa shape index (κ2) is 9.11. The molecule has 1 N–H and O–H groups in total. The number of anilines is 1. The molecule has 1 aromatic rings. The summed E-state index contributed by atoms with van der Waals surface area (Å²) in [6.45, 7) is 5.18. The number of carbonyl (C=O) groups is 1. The van der Waals surface area contributed by atoms with Crippen LogP contribution in [0.2, 0.25) is 0 Å². The molecule has 114 valence electrons. The molecule has 1 aromatic carbocycles. The molecule has 0 fully saturated rings. The van der Waals surface area contributed by atoms with E-state index in [2.05, 4.69) is 28.1 Å². The quantitative estimate of drug-likeness (QED) is 0.792. The van der Waals surface area contributed by atoms with E-state index in [0.717, 1.165) is 26.1 Å². The molecule has 0 atom stereocenters. The van der Waals surface area contributed by atoms with Gasteiger partial charge in [0.2, 0.25) is 5.91 Å². The highest BCUT2D eigenvalue weighted by Crippen LogP contribution is 2.09. The fourth-order valence-electron chi connectivity index (χ4n) is 2.00. The molecule has 0 aromatic heterocycles. The zero-order valence-electron chi connectivity index (χ0n) is 13.1. The maximum absolute atomic E-state index is 12.1. The smallest absolute Gasteiger partial charge is 0.238 e. The Morgan fingerprint density at radius 1 is 1.29 bits per heavy atom. The van der Waals surface area contributed by atoms with E-state index in [4.69, 9.17) is 5.26 Å². The predicted octanol–water partition coefficient (Wildman–Crippen LogP) is 1.77. The van der Waals surface area contributed by atoms with Crippen molar-refractivity contribution < 1.29 is 4.79 Å². The molecule has 0 saturated carbocycles. The summed E-state index contributed by atoms with van der Waals surface area (Å²) in [5, 5.41) is 11.7. The standard InChI is InChI=1S/C16H24N4O/c1-4-8-20(10-9-19(2)3)13-16(21)18-15-7-5-6-14(11-15)12-17/h5-7,11H,4,8-10,13H2,1-3H3,(H,18,21). The monoisotopic (exact) mass is 288 g/mol. The molecule has 1 amide bonds. The Morgan fingerprint density at radius 2 is 2.05 bits per heavy atom. The van der Waals surface area contributed by atoms with Crippen molar-refractivity contribution in [3.63, 3.8) is 0 Å². The fourth-order valence-corrected chi connectivity index (χ4v) is 2.00.